The summed E-state index contributed by atoms with van der Waals surface area (Å²) in [5.41, 5.74) is 1.65. The van der Waals surface area contributed by atoms with Crippen molar-refractivity contribution in [2.24, 2.45) is 29.1 Å². The fourth-order valence-corrected chi connectivity index (χ4v) is 6.76. The Morgan fingerprint density at radius 3 is 2.93 bits per heavy atom. The third-order valence-electron chi connectivity index (χ3n) is 8.04. The number of hydrogen-bond acceptors (Lipinski definition) is 3. The molecule has 4 aliphatic carbocycles. The molecule has 0 bridgehead atoms. The Morgan fingerprint density at radius 1 is 1.33 bits per heavy atom. The molecule has 1 N–H and O–H groups in total. The van der Waals surface area contributed by atoms with E-state index in [0.29, 0.717) is 30.8 Å². The third kappa shape index (κ3) is 3.06. The Morgan fingerprint density at radius 2 is 2.19 bits per heavy atom. The Kier molecular flexibility index (Phi) is 5.19. The standard InChI is InChI=1S/C23H33NO3/c1-23-11-10-19-18-7-5-17(27-2)14-16(18)4-6-20(19)21(23)8-9-22(23)24(15-26)12-3-13-25/h4-5,7,14-15,18-22,25H,3,6,8-13H2,1-2H3/t18-,19+,20+,21-,22-,23-/m0/s1. The van der Waals surface area contributed by atoms with Crippen LogP contribution in [0.3, 0.4) is 0 Å². The van der Waals surface area contributed by atoms with Gasteiger partial charge in [-0.15, -0.1) is 0 Å². The lowest BCUT2D eigenvalue weighted by atomic mass is 9.53. The van der Waals surface area contributed by atoms with Gasteiger partial charge in [0.1, 0.15) is 5.76 Å². The molecule has 0 aliphatic heterocycles. The van der Waals surface area contributed by atoms with Crippen LogP contribution in [0.25, 0.3) is 0 Å². The van der Waals surface area contributed by atoms with Crippen LogP contribution in [0.15, 0.2) is 35.6 Å². The van der Waals surface area contributed by atoms with E-state index in [0.717, 1.165) is 36.8 Å². The van der Waals surface area contributed by atoms with Crippen molar-refractivity contribution in [3.05, 3.63) is 35.6 Å². The van der Waals surface area contributed by atoms with Crippen LogP contribution in [0.1, 0.15) is 45.4 Å². The number of ether oxygens (including phenoxy) is 1. The highest BCUT2D eigenvalue weighted by Gasteiger charge is 2.56. The summed E-state index contributed by atoms with van der Waals surface area (Å²) in [6, 6.07) is 0.333. The Bertz CT molecular complexity index is 667. The summed E-state index contributed by atoms with van der Waals surface area (Å²) >= 11 is 0. The zero-order valence-electron chi connectivity index (χ0n) is 16.6. The van der Waals surface area contributed by atoms with Crippen LogP contribution in [0, 0.1) is 29.1 Å². The number of carbonyl (C=O) groups excluding carboxylic acids is 1. The first-order valence-corrected chi connectivity index (χ1v) is 10.6. The van der Waals surface area contributed by atoms with Crippen molar-refractivity contribution in [1.29, 1.82) is 0 Å². The smallest absolute Gasteiger partial charge is 0.209 e. The SMILES string of the molecule is COC1=CC2=CC[C@@H]3[C@H](CC[C@]4(C)[C@@H](N(C=O)CCCO)CC[C@@H]34)[C@H]2C=C1. The van der Waals surface area contributed by atoms with Gasteiger partial charge in [0.15, 0.2) is 0 Å². The number of aliphatic hydroxyl groups is 1. The molecule has 4 heteroatoms. The van der Waals surface area contributed by atoms with Gasteiger partial charge < -0.3 is 14.7 Å². The van der Waals surface area contributed by atoms with Crippen molar-refractivity contribution >= 4 is 6.41 Å². The second kappa shape index (κ2) is 7.46. The number of fused-ring (bicyclic) bond motifs is 5. The van der Waals surface area contributed by atoms with Gasteiger partial charge in [-0.1, -0.05) is 19.1 Å². The number of nitrogens with zero attached hydrogens (tertiary/aromatic N) is 1. The molecule has 0 saturated heterocycles. The molecule has 0 aromatic carbocycles. The maximum atomic E-state index is 11.8. The average molecular weight is 372 g/mol. The number of allylic oxidation sites excluding steroid dienone is 5. The van der Waals surface area contributed by atoms with Crippen LogP contribution in [0.2, 0.25) is 0 Å². The van der Waals surface area contributed by atoms with Gasteiger partial charge in [0.2, 0.25) is 6.41 Å². The van der Waals surface area contributed by atoms with Crippen molar-refractivity contribution in [1.82, 2.24) is 4.90 Å². The van der Waals surface area contributed by atoms with Crippen LogP contribution in [-0.2, 0) is 9.53 Å². The Balaban J connectivity index is 1.55. The van der Waals surface area contributed by atoms with Crippen LogP contribution >= 0.6 is 0 Å². The zero-order valence-corrected chi connectivity index (χ0v) is 16.6. The van der Waals surface area contributed by atoms with Gasteiger partial charge in [0, 0.05) is 25.1 Å². The quantitative estimate of drug-likeness (QED) is 0.725. The molecule has 0 aromatic heterocycles. The highest BCUT2D eigenvalue weighted by molar-refractivity contribution is 5.48. The number of rotatable bonds is 6. The first-order valence-electron chi connectivity index (χ1n) is 10.6. The van der Waals surface area contributed by atoms with Crippen molar-refractivity contribution in [2.45, 2.75) is 51.5 Å². The van der Waals surface area contributed by atoms with Crippen LogP contribution in [0.4, 0.5) is 0 Å². The van der Waals surface area contributed by atoms with Crippen LogP contribution in [-0.4, -0.2) is 42.7 Å². The lowest BCUT2D eigenvalue weighted by Gasteiger charge is -2.53. The lowest BCUT2D eigenvalue weighted by molar-refractivity contribution is -0.124. The summed E-state index contributed by atoms with van der Waals surface area (Å²) in [6.07, 6.45) is 16.8. The summed E-state index contributed by atoms with van der Waals surface area (Å²) in [5.74, 6) is 3.62. The fraction of sp³-hybridized carbons (Fsp3) is 0.696. The molecule has 0 aromatic rings. The van der Waals surface area contributed by atoms with Gasteiger partial charge in [-0.25, -0.2) is 0 Å². The molecular weight excluding hydrogens is 338 g/mol. The van der Waals surface area contributed by atoms with Gasteiger partial charge in [-0.05, 0) is 79.4 Å². The molecule has 1 amide bonds. The molecule has 4 aliphatic rings. The predicted octanol–water partition coefficient (Wildman–Crippen LogP) is 3.68. The average Bonchev–Trinajstić information content (AvgIpc) is 3.05. The second-order valence-corrected chi connectivity index (χ2v) is 9.07. The molecule has 0 spiro atoms. The molecule has 2 fully saturated rings. The van der Waals surface area contributed by atoms with Crippen molar-refractivity contribution in [3.63, 3.8) is 0 Å². The third-order valence-corrected chi connectivity index (χ3v) is 8.04. The maximum Gasteiger partial charge on any atom is 0.209 e. The molecule has 2 saturated carbocycles. The van der Waals surface area contributed by atoms with E-state index in [9.17, 15) is 9.90 Å². The first kappa shape index (κ1) is 18.8. The summed E-state index contributed by atoms with van der Waals surface area (Å²) < 4.78 is 5.42. The van der Waals surface area contributed by atoms with E-state index >= 15 is 0 Å². The number of aliphatic hydroxyl groups excluding tert-OH is 1. The van der Waals surface area contributed by atoms with Crippen molar-refractivity contribution < 1.29 is 14.6 Å². The van der Waals surface area contributed by atoms with E-state index in [2.05, 4.69) is 31.2 Å². The van der Waals surface area contributed by atoms with E-state index in [1.165, 1.54) is 24.8 Å². The van der Waals surface area contributed by atoms with Crippen molar-refractivity contribution in [2.75, 3.05) is 20.3 Å². The fourth-order valence-electron chi connectivity index (χ4n) is 6.76. The van der Waals surface area contributed by atoms with Gasteiger partial charge in [0.05, 0.1) is 7.11 Å². The normalized spacial score (nSPS) is 39.6. The van der Waals surface area contributed by atoms with E-state index in [4.69, 9.17) is 4.74 Å². The minimum absolute atomic E-state index is 0.153. The Labute approximate surface area is 163 Å². The number of amides is 1. The maximum absolute atomic E-state index is 11.8. The second-order valence-electron chi connectivity index (χ2n) is 9.07. The molecule has 6 atom stereocenters. The van der Waals surface area contributed by atoms with Gasteiger partial charge in [0.25, 0.3) is 0 Å². The molecule has 27 heavy (non-hydrogen) atoms. The predicted molar refractivity (Wildman–Crippen MR) is 106 cm³/mol. The van der Waals surface area contributed by atoms with Gasteiger partial charge in [-0.3, -0.25) is 4.79 Å². The molecule has 4 rings (SSSR count). The molecular formula is C23H33NO3. The topological polar surface area (TPSA) is 49.8 Å². The van der Waals surface area contributed by atoms with E-state index in [-0.39, 0.29) is 12.0 Å². The molecule has 0 radical (unpaired) electrons. The van der Waals surface area contributed by atoms with Crippen LogP contribution < -0.4 is 0 Å². The molecule has 0 unspecified atom stereocenters. The molecule has 0 heterocycles. The number of hydrogen-bond donors (Lipinski definition) is 1. The minimum atomic E-state index is 0.153. The summed E-state index contributed by atoms with van der Waals surface area (Å²) in [7, 11) is 1.74. The monoisotopic (exact) mass is 371 g/mol. The van der Waals surface area contributed by atoms with Gasteiger partial charge >= 0.3 is 0 Å². The summed E-state index contributed by atoms with van der Waals surface area (Å²) in [4.78, 5) is 13.7. The minimum Gasteiger partial charge on any atom is -0.497 e. The van der Waals surface area contributed by atoms with Crippen molar-refractivity contribution in [3.8, 4) is 0 Å². The number of methoxy groups -OCH3 is 1. The lowest BCUT2D eigenvalue weighted by Crippen LogP contribution is -2.51. The van der Waals surface area contributed by atoms with E-state index in [1.807, 2.05) is 4.90 Å². The molecule has 148 valence electrons. The van der Waals surface area contributed by atoms with E-state index < -0.39 is 0 Å². The van der Waals surface area contributed by atoms with E-state index in [1.54, 1.807) is 7.11 Å². The first-order chi connectivity index (χ1) is 13.1. The summed E-state index contributed by atoms with van der Waals surface area (Å²) in [5, 5.41) is 9.18. The van der Waals surface area contributed by atoms with Crippen LogP contribution in [0.5, 0.6) is 0 Å². The number of carbonyl (C=O) groups is 1. The zero-order chi connectivity index (χ0) is 19.0. The largest absolute Gasteiger partial charge is 0.497 e. The van der Waals surface area contributed by atoms with Gasteiger partial charge in [-0.2, -0.15) is 0 Å². The highest BCUT2D eigenvalue weighted by atomic mass is 16.5. The highest BCUT2D eigenvalue weighted by Crippen LogP contribution is 2.61. The Hall–Kier alpha value is -1.55. The molecule has 4 nitrogen and oxygen atoms in total. The summed E-state index contributed by atoms with van der Waals surface area (Å²) in [6.45, 7) is 3.27.